The van der Waals surface area contributed by atoms with Crippen LogP contribution in [-0.2, 0) is 11.3 Å². The van der Waals surface area contributed by atoms with Gasteiger partial charge in [0, 0.05) is 19.2 Å². The molecule has 1 N–H and O–H groups in total. The van der Waals surface area contributed by atoms with E-state index in [9.17, 15) is 19.7 Å². The number of rotatable bonds is 4. The van der Waals surface area contributed by atoms with Crippen LogP contribution < -0.4 is 11.2 Å². The first-order valence-electron chi connectivity index (χ1n) is 7.37. The molecule has 1 amide bonds. The summed E-state index contributed by atoms with van der Waals surface area (Å²) in [6, 6.07) is 3.86. The Kier molecular flexibility index (Phi) is 4.11. The summed E-state index contributed by atoms with van der Waals surface area (Å²) in [5.41, 5.74) is 3.04. The van der Waals surface area contributed by atoms with E-state index in [-0.39, 0.29) is 23.7 Å². The fraction of sp³-hybridized carbons (Fsp3) is 0.429. The van der Waals surface area contributed by atoms with Gasteiger partial charge in [-0.3, -0.25) is 24.9 Å². The van der Waals surface area contributed by atoms with E-state index < -0.39 is 10.7 Å². The lowest BCUT2D eigenvalue weighted by molar-refractivity contribution is -0.384. The Morgan fingerprint density at radius 3 is 2.74 bits per heavy atom. The topological polar surface area (TPSA) is 111 Å². The third kappa shape index (κ3) is 3.24. The number of aromatic nitrogens is 1. The number of benzene rings is 1. The molecule has 2 aromatic rings. The van der Waals surface area contributed by atoms with E-state index in [1.807, 2.05) is 5.01 Å². The number of fused-ring (bicyclic) bond motifs is 1. The van der Waals surface area contributed by atoms with Crippen LogP contribution in [-0.4, -0.2) is 33.5 Å². The van der Waals surface area contributed by atoms with E-state index in [4.69, 9.17) is 4.42 Å². The van der Waals surface area contributed by atoms with Crippen LogP contribution in [0.5, 0.6) is 0 Å². The summed E-state index contributed by atoms with van der Waals surface area (Å²) < 4.78 is 6.16. The number of amides is 1. The zero-order chi connectivity index (χ0) is 16.4. The van der Waals surface area contributed by atoms with Gasteiger partial charge in [0.2, 0.25) is 0 Å². The van der Waals surface area contributed by atoms with Gasteiger partial charge in [-0.05, 0) is 18.9 Å². The summed E-state index contributed by atoms with van der Waals surface area (Å²) in [7, 11) is 0. The molecule has 0 spiro atoms. The lowest BCUT2D eigenvalue weighted by Crippen LogP contribution is -2.46. The van der Waals surface area contributed by atoms with Crippen molar-refractivity contribution in [2.45, 2.75) is 25.8 Å². The number of nitrogens with one attached hydrogen (secondary N) is 1. The molecule has 1 aromatic heterocycles. The van der Waals surface area contributed by atoms with Gasteiger partial charge in [0.05, 0.1) is 16.5 Å². The normalized spacial score (nSPS) is 15.7. The molecule has 0 saturated carbocycles. The summed E-state index contributed by atoms with van der Waals surface area (Å²) in [6.45, 7) is 1.39. The molecular weight excluding hydrogens is 304 g/mol. The molecule has 3 rings (SSSR count). The number of hydrazine groups is 1. The Morgan fingerprint density at radius 1 is 1.30 bits per heavy atom. The highest BCUT2D eigenvalue weighted by atomic mass is 16.6. The fourth-order valence-electron chi connectivity index (χ4n) is 2.68. The van der Waals surface area contributed by atoms with E-state index in [1.165, 1.54) is 22.8 Å². The van der Waals surface area contributed by atoms with Crippen LogP contribution in [0.1, 0.15) is 19.3 Å². The summed E-state index contributed by atoms with van der Waals surface area (Å²) in [5, 5.41) is 12.6. The minimum Gasteiger partial charge on any atom is -0.407 e. The summed E-state index contributed by atoms with van der Waals surface area (Å²) >= 11 is 0. The third-order valence-electron chi connectivity index (χ3n) is 3.80. The Labute approximate surface area is 130 Å². The minimum atomic E-state index is -0.714. The number of carbonyl (C=O) groups excluding carboxylic acids is 1. The molecule has 0 unspecified atom stereocenters. The SMILES string of the molecule is O=C(Cn1c(=O)oc2cc([N+](=O)[O-])ccc21)NN1CCCCC1. The first-order valence-corrected chi connectivity index (χ1v) is 7.37. The predicted octanol–water partition coefficient (Wildman–Crippen LogP) is 1.02. The zero-order valence-corrected chi connectivity index (χ0v) is 12.4. The molecule has 1 fully saturated rings. The number of non-ortho nitro benzene ring substituents is 1. The second-order valence-electron chi connectivity index (χ2n) is 5.45. The third-order valence-corrected chi connectivity index (χ3v) is 3.80. The average molecular weight is 320 g/mol. The Bertz CT molecular complexity index is 803. The van der Waals surface area contributed by atoms with Gasteiger partial charge >= 0.3 is 5.76 Å². The first-order chi connectivity index (χ1) is 11.0. The molecule has 0 radical (unpaired) electrons. The number of nitrogens with zero attached hydrogens (tertiary/aromatic N) is 3. The Hall–Kier alpha value is -2.68. The molecule has 122 valence electrons. The molecule has 1 aromatic carbocycles. The second kappa shape index (κ2) is 6.21. The highest BCUT2D eigenvalue weighted by Crippen LogP contribution is 2.19. The van der Waals surface area contributed by atoms with Crippen LogP contribution in [0.15, 0.2) is 27.4 Å². The molecule has 1 aliphatic heterocycles. The van der Waals surface area contributed by atoms with Crippen molar-refractivity contribution in [1.29, 1.82) is 0 Å². The molecule has 1 saturated heterocycles. The van der Waals surface area contributed by atoms with Crippen LogP contribution in [0.25, 0.3) is 11.1 Å². The van der Waals surface area contributed by atoms with Crippen molar-refractivity contribution in [2.24, 2.45) is 0 Å². The number of oxazole rings is 1. The standard InChI is InChI=1S/C14H16N4O5/c19-13(15-16-6-2-1-3-7-16)9-17-11-5-4-10(18(21)22)8-12(11)23-14(17)20/h4-5,8H,1-3,6-7,9H2,(H,15,19). The molecule has 1 aliphatic rings. The predicted molar refractivity (Wildman–Crippen MR) is 80.7 cm³/mol. The second-order valence-corrected chi connectivity index (χ2v) is 5.45. The van der Waals surface area contributed by atoms with Crippen LogP contribution >= 0.6 is 0 Å². The summed E-state index contributed by atoms with van der Waals surface area (Å²) in [4.78, 5) is 34.1. The number of carbonyl (C=O) groups is 1. The van der Waals surface area contributed by atoms with Crippen LogP contribution in [0.3, 0.4) is 0 Å². The minimum absolute atomic E-state index is 0.0926. The summed E-state index contributed by atoms with van der Waals surface area (Å²) in [5.74, 6) is -1.04. The van der Waals surface area contributed by atoms with E-state index in [2.05, 4.69) is 5.43 Å². The van der Waals surface area contributed by atoms with Gasteiger partial charge in [-0.1, -0.05) is 6.42 Å². The number of hydrogen-bond acceptors (Lipinski definition) is 6. The average Bonchev–Trinajstić information content (AvgIpc) is 2.83. The van der Waals surface area contributed by atoms with Gasteiger partial charge in [0.15, 0.2) is 5.58 Å². The highest BCUT2D eigenvalue weighted by molar-refractivity contribution is 5.80. The maximum Gasteiger partial charge on any atom is 0.420 e. The van der Waals surface area contributed by atoms with Crippen molar-refractivity contribution >= 4 is 22.7 Å². The van der Waals surface area contributed by atoms with Crippen molar-refractivity contribution in [1.82, 2.24) is 15.0 Å². The van der Waals surface area contributed by atoms with Crippen molar-refractivity contribution in [3.63, 3.8) is 0 Å². The van der Waals surface area contributed by atoms with Gasteiger partial charge in [-0.2, -0.15) is 0 Å². The molecule has 0 atom stereocenters. The van der Waals surface area contributed by atoms with Crippen LogP contribution in [0.2, 0.25) is 0 Å². The lowest BCUT2D eigenvalue weighted by atomic mass is 10.2. The molecule has 23 heavy (non-hydrogen) atoms. The largest absolute Gasteiger partial charge is 0.420 e. The highest BCUT2D eigenvalue weighted by Gasteiger charge is 2.18. The smallest absolute Gasteiger partial charge is 0.407 e. The number of nitro groups is 1. The number of hydrogen-bond donors (Lipinski definition) is 1. The van der Waals surface area contributed by atoms with Gasteiger partial charge in [-0.15, -0.1) is 0 Å². The quantitative estimate of drug-likeness (QED) is 0.665. The van der Waals surface area contributed by atoms with Gasteiger partial charge < -0.3 is 4.42 Å². The van der Waals surface area contributed by atoms with Gasteiger partial charge in [0.1, 0.15) is 6.54 Å². The van der Waals surface area contributed by atoms with Crippen molar-refractivity contribution in [3.05, 3.63) is 38.9 Å². The van der Waals surface area contributed by atoms with Crippen LogP contribution in [0.4, 0.5) is 5.69 Å². The van der Waals surface area contributed by atoms with E-state index >= 15 is 0 Å². The molecular formula is C14H16N4O5. The van der Waals surface area contributed by atoms with E-state index in [1.54, 1.807) is 0 Å². The molecule has 0 aliphatic carbocycles. The van der Waals surface area contributed by atoms with Crippen molar-refractivity contribution in [2.75, 3.05) is 13.1 Å². The Balaban J connectivity index is 1.79. The fourth-order valence-corrected chi connectivity index (χ4v) is 2.68. The van der Waals surface area contributed by atoms with E-state index in [0.717, 1.165) is 32.4 Å². The first kappa shape index (κ1) is 15.2. The van der Waals surface area contributed by atoms with Gasteiger partial charge in [-0.25, -0.2) is 9.80 Å². The molecule has 9 nitrogen and oxygen atoms in total. The maximum atomic E-state index is 12.1. The van der Waals surface area contributed by atoms with Gasteiger partial charge in [0.25, 0.3) is 11.6 Å². The summed E-state index contributed by atoms with van der Waals surface area (Å²) in [6.07, 6.45) is 3.20. The number of nitro benzene ring substituents is 1. The van der Waals surface area contributed by atoms with Crippen molar-refractivity contribution in [3.8, 4) is 0 Å². The maximum absolute atomic E-state index is 12.1. The zero-order valence-electron chi connectivity index (χ0n) is 12.4. The van der Waals surface area contributed by atoms with Crippen LogP contribution in [0, 0.1) is 10.1 Å². The van der Waals surface area contributed by atoms with E-state index in [0.29, 0.717) is 5.52 Å². The monoisotopic (exact) mass is 320 g/mol. The van der Waals surface area contributed by atoms with Crippen molar-refractivity contribution < 1.29 is 14.1 Å². The number of piperidine rings is 1. The Morgan fingerprint density at radius 2 is 2.04 bits per heavy atom. The lowest BCUT2D eigenvalue weighted by Gasteiger charge is -2.26. The molecule has 9 heteroatoms. The molecule has 0 bridgehead atoms. The molecule has 2 heterocycles.